The molecule has 1 aliphatic rings. The highest BCUT2D eigenvalue weighted by molar-refractivity contribution is 5.96. The van der Waals surface area contributed by atoms with E-state index in [0.717, 1.165) is 6.54 Å². The van der Waals surface area contributed by atoms with Gasteiger partial charge in [-0.05, 0) is 24.3 Å². The molecule has 1 atom stereocenters. The quantitative estimate of drug-likeness (QED) is 0.686. The maximum absolute atomic E-state index is 11.8. The molecule has 0 aromatic heterocycles. The summed E-state index contributed by atoms with van der Waals surface area (Å²) in [4.78, 5) is 22.7. The molecule has 1 fully saturated rings. The standard InChI is InChI=1S/C12H15N3O3/c13-11(16)8-1-3-9(4-2-8)15-12(17)10-7-14-5-6-18-10/h1-4,10,14H,5-7H2,(H2,13,16)(H,15,17). The summed E-state index contributed by atoms with van der Waals surface area (Å²) in [6, 6.07) is 6.40. The fourth-order valence-electron chi connectivity index (χ4n) is 1.67. The number of nitrogens with one attached hydrogen (secondary N) is 2. The molecule has 96 valence electrons. The largest absolute Gasteiger partial charge is 0.366 e. The molecule has 0 spiro atoms. The van der Waals surface area contributed by atoms with E-state index in [2.05, 4.69) is 10.6 Å². The zero-order chi connectivity index (χ0) is 13.0. The van der Waals surface area contributed by atoms with E-state index in [9.17, 15) is 9.59 Å². The highest BCUT2D eigenvalue weighted by Gasteiger charge is 2.21. The number of rotatable bonds is 3. The lowest BCUT2D eigenvalue weighted by Crippen LogP contribution is -2.45. The zero-order valence-electron chi connectivity index (χ0n) is 9.81. The molecule has 0 saturated carbocycles. The van der Waals surface area contributed by atoms with Gasteiger partial charge >= 0.3 is 0 Å². The maximum Gasteiger partial charge on any atom is 0.254 e. The van der Waals surface area contributed by atoms with Crippen molar-refractivity contribution in [3.63, 3.8) is 0 Å². The molecule has 2 amide bonds. The maximum atomic E-state index is 11.8. The van der Waals surface area contributed by atoms with Crippen LogP contribution in [0.3, 0.4) is 0 Å². The summed E-state index contributed by atoms with van der Waals surface area (Å²) in [7, 11) is 0. The molecule has 6 nitrogen and oxygen atoms in total. The number of hydrogen-bond acceptors (Lipinski definition) is 4. The van der Waals surface area contributed by atoms with Crippen molar-refractivity contribution in [1.29, 1.82) is 0 Å². The van der Waals surface area contributed by atoms with E-state index in [4.69, 9.17) is 10.5 Å². The van der Waals surface area contributed by atoms with Crippen LogP contribution < -0.4 is 16.4 Å². The van der Waals surface area contributed by atoms with Crippen LogP contribution in [-0.4, -0.2) is 37.6 Å². The van der Waals surface area contributed by atoms with Crippen LogP contribution in [0.2, 0.25) is 0 Å². The van der Waals surface area contributed by atoms with E-state index in [0.29, 0.717) is 24.4 Å². The average Bonchev–Trinajstić information content (AvgIpc) is 2.40. The second-order valence-corrected chi connectivity index (χ2v) is 3.99. The Kier molecular flexibility index (Phi) is 3.91. The number of carbonyl (C=O) groups excluding carboxylic acids is 2. The minimum Gasteiger partial charge on any atom is -0.366 e. The van der Waals surface area contributed by atoms with Crippen molar-refractivity contribution >= 4 is 17.5 Å². The van der Waals surface area contributed by atoms with Gasteiger partial charge in [-0.2, -0.15) is 0 Å². The lowest BCUT2D eigenvalue weighted by atomic mass is 10.2. The van der Waals surface area contributed by atoms with Crippen molar-refractivity contribution < 1.29 is 14.3 Å². The third kappa shape index (κ3) is 3.06. The van der Waals surface area contributed by atoms with Crippen LogP contribution in [0.25, 0.3) is 0 Å². The third-order valence-corrected chi connectivity index (χ3v) is 2.66. The summed E-state index contributed by atoms with van der Waals surface area (Å²) in [6.45, 7) is 1.79. The molecule has 1 unspecified atom stereocenters. The second-order valence-electron chi connectivity index (χ2n) is 3.99. The van der Waals surface area contributed by atoms with Gasteiger partial charge in [0.15, 0.2) is 0 Å². The molecule has 0 aliphatic carbocycles. The van der Waals surface area contributed by atoms with E-state index >= 15 is 0 Å². The Morgan fingerprint density at radius 3 is 2.61 bits per heavy atom. The molecule has 18 heavy (non-hydrogen) atoms. The van der Waals surface area contributed by atoms with Crippen molar-refractivity contribution in [3.8, 4) is 0 Å². The Bertz CT molecular complexity index is 438. The van der Waals surface area contributed by atoms with Crippen molar-refractivity contribution in [2.24, 2.45) is 5.73 Å². The van der Waals surface area contributed by atoms with Crippen molar-refractivity contribution in [1.82, 2.24) is 5.32 Å². The third-order valence-electron chi connectivity index (χ3n) is 2.66. The van der Waals surface area contributed by atoms with E-state index < -0.39 is 12.0 Å². The summed E-state index contributed by atoms with van der Waals surface area (Å²) in [5.74, 6) is -0.693. The Balaban J connectivity index is 1.96. The fraction of sp³-hybridized carbons (Fsp3) is 0.333. The Morgan fingerprint density at radius 2 is 2.06 bits per heavy atom. The van der Waals surface area contributed by atoms with Crippen LogP contribution in [0.1, 0.15) is 10.4 Å². The molecule has 0 bridgehead atoms. The molecule has 1 saturated heterocycles. The van der Waals surface area contributed by atoms with E-state index in [1.165, 1.54) is 0 Å². The SMILES string of the molecule is NC(=O)c1ccc(NC(=O)C2CNCCO2)cc1. The van der Waals surface area contributed by atoms with Gasteiger partial charge in [0.1, 0.15) is 6.10 Å². The summed E-state index contributed by atoms with van der Waals surface area (Å²) < 4.78 is 5.33. The smallest absolute Gasteiger partial charge is 0.254 e. The topological polar surface area (TPSA) is 93.5 Å². The minimum absolute atomic E-state index is 0.200. The number of carbonyl (C=O) groups is 2. The van der Waals surface area contributed by atoms with Crippen LogP contribution in [0.4, 0.5) is 5.69 Å². The molecular weight excluding hydrogens is 234 g/mol. The van der Waals surface area contributed by atoms with Gasteiger partial charge in [0.05, 0.1) is 6.61 Å². The lowest BCUT2D eigenvalue weighted by molar-refractivity contribution is -0.128. The van der Waals surface area contributed by atoms with Crippen molar-refractivity contribution in [2.75, 3.05) is 25.0 Å². The predicted molar refractivity (Wildman–Crippen MR) is 66.2 cm³/mol. The molecule has 1 aromatic carbocycles. The van der Waals surface area contributed by atoms with Gasteiger partial charge in [-0.15, -0.1) is 0 Å². The number of hydrogen-bond donors (Lipinski definition) is 3. The number of benzene rings is 1. The second kappa shape index (κ2) is 5.61. The highest BCUT2D eigenvalue weighted by Crippen LogP contribution is 2.10. The molecule has 4 N–H and O–H groups in total. The highest BCUT2D eigenvalue weighted by atomic mass is 16.5. The molecule has 2 rings (SSSR count). The summed E-state index contributed by atoms with van der Waals surface area (Å²) in [5, 5.41) is 5.80. The van der Waals surface area contributed by atoms with Crippen LogP contribution in [0, 0.1) is 0 Å². The van der Waals surface area contributed by atoms with Gasteiger partial charge in [0, 0.05) is 24.3 Å². The molecule has 1 aliphatic heterocycles. The van der Waals surface area contributed by atoms with E-state index in [-0.39, 0.29) is 5.91 Å². The van der Waals surface area contributed by atoms with Gasteiger partial charge in [-0.1, -0.05) is 0 Å². The number of nitrogens with two attached hydrogens (primary N) is 1. The van der Waals surface area contributed by atoms with Crippen LogP contribution in [0.15, 0.2) is 24.3 Å². The van der Waals surface area contributed by atoms with Crippen LogP contribution >= 0.6 is 0 Å². The van der Waals surface area contributed by atoms with Gasteiger partial charge in [0.2, 0.25) is 5.91 Å². The van der Waals surface area contributed by atoms with Crippen LogP contribution in [0.5, 0.6) is 0 Å². The van der Waals surface area contributed by atoms with Gasteiger partial charge in [0.25, 0.3) is 5.91 Å². The number of amides is 2. The first kappa shape index (κ1) is 12.5. The summed E-state index contributed by atoms with van der Waals surface area (Å²) in [5.41, 5.74) is 6.14. The molecule has 1 aromatic rings. The first-order valence-corrected chi connectivity index (χ1v) is 5.70. The minimum atomic E-state index is -0.493. The van der Waals surface area contributed by atoms with Gasteiger partial charge in [-0.25, -0.2) is 0 Å². The predicted octanol–water partition coefficient (Wildman–Crippen LogP) is -0.288. The van der Waals surface area contributed by atoms with Gasteiger partial charge < -0.3 is 21.1 Å². The average molecular weight is 249 g/mol. The zero-order valence-corrected chi connectivity index (χ0v) is 9.81. The number of primary amides is 1. The molecule has 0 radical (unpaired) electrons. The molecular formula is C12H15N3O3. The Morgan fingerprint density at radius 1 is 1.33 bits per heavy atom. The lowest BCUT2D eigenvalue weighted by Gasteiger charge is -2.22. The number of morpholine rings is 1. The monoisotopic (exact) mass is 249 g/mol. The molecule has 6 heteroatoms. The normalized spacial score (nSPS) is 19.2. The van der Waals surface area contributed by atoms with Gasteiger partial charge in [-0.3, -0.25) is 9.59 Å². The van der Waals surface area contributed by atoms with Crippen molar-refractivity contribution in [2.45, 2.75) is 6.10 Å². The Labute approximate surface area is 104 Å². The van der Waals surface area contributed by atoms with E-state index in [1.807, 2.05) is 0 Å². The summed E-state index contributed by atoms with van der Waals surface area (Å²) >= 11 is 0. The fourth-order valence-corrected chi connectivity index (χ4v) is 1.67. The van der Waals surface area contributed by atoms with Crippen molar-refractivity contribution in [3.05, 3.63) is 29.8 Å². The number of ether oxygens (including phenoxy) is 1. The Hall–Kier alpha value is -1.92. The first-order valence-electron chi connectivity index (χ1n) is 5.70. The summed E-state index contributed by atoms with van der Waals surface area (Å²) in [6.07, 6.45) is -0.477. The molecule has 1 heterocycles. The van der Waals surface area contributed by atoms with E-state index in [1.54, 1.807) is 24.3 Å². The first-order chi connectivity index (χ1) is 8.66. The van der Waals surface area contributed by atoms with Crippen LogP contribution in [-0.2, 0) is 9.53 Å². The number of anilines is 1.